The van der Waals surface area contributed by atoms with E-state index in [9.17, 15) is 0 Å². The van der Waals surface area contributed by atoms with Gasteiger partial charge in [-0.3, -0.25) is 0 Å². The zero-order valence-corrected chi connectivity index (χ0v) is 28.1. The topological polar surface area (TPSA) is 64.5 Å². The van der Waals surface area contributed by atoms with Gasteiger partial charge < -0.3 is 0 Å². The fraction of sp³-hybridized carbons (Fsp3) is 0. The maximum atomic E-state index is 5.07. The zero-order chi connectivity index (χ0) is 34.7. The van der Waals surface area contributed by atoms with Crippen molar-refractivity contribution in [3.05, 3.63) is 188 Å². The first kappa shape index (κ1) is 30.9. The first-order valence-electron chi connectivity index (χ1n) is 17.3. The van der Waals surface area contributed by atoms with Crippen LogP contribution in [0.2, 0.25) is 0 Å². The van der Waals surface area contributed by atoms with Crippen molar-refractivity contribution in [2.45, 2.75) is 0 Å². The minimum Gasteiger partial charge on any atom is -0.248 e. The van der Waals surface area contributed by atoms with Gasteiger partial charge in [0.2, 0.25) is 0 Å². The molecule has 0 spiro atoms. The van der Waals surface area contributed by atoms with Gasteiger partial charge in [0, 0.05) is 38.8 Å². The highest BCUT2D eigenvalue weighted by molar-refractivity contribution is 5.85. The molecule has 9 aromatic rings. The molecule has 3 heterocycles. The molecule has 0 bridgehead atoms. The van der Waals surface area contributed by atoms with E-state index in [-0.39, 0.29) is 0 Å². The second kappa shape index (κ2) is 13.7. The van der Waals surface area contributed by atoms with Gasteiger partial charge >= 0.3 is 0 Å². The van der Waals surface area contributed by atoms with Crippen LogP contribution in [0.5, 0.6) is 0 Å². The summed E-state index contributed by atoms with van der Waals surface area (Å²) in [6.45, 7) is 0. The van der Waals surface area contributed by atoms with E-state index in [0.29, 0.717) is 17.5 Å². The van der Waals surface area contributed by atoms with Crippen LogP contribution in [0.25, 0.3) is 90.0 Å². The molecule has 0 unspecified atom stereocenters. The number of hydrogen-bond donors (Lipinski definition) is 0. The lowest BCUT2D eigenvalue weighted by Gasteiger charge is -2.13. The standard InChI is InChI=1S/C47H31N5/c1-4-13-33(14-5-1)42-21-12-22-43(48-42)35-25-23-32(24-26-35)38-29-39(44-28-27-34-15-10-11-20-41(34)49-44)31-40(30-38)47-51-45(36-16-6-2-7-17-36)50-46(52-47)37-18-8-3-9-19-37/h1-31H. The SMILES string of the molecule is c1ccc(-c2cccc(-c3ccc(-c4cc(-c5ccc6ccccc6n5)cc(-c5nc(-c6ccccc6)nc(-c6ccccc6)n5)c4)cc3)n2)cc1. The van der Waals surface area contributed by atoms with Gasteiger partial charge in [0.25, 0.3) is 0 Å². The summed E-state index contributed by atoms with van der Waals surface area (Å²) in [5.74, 6) is 1.83. The molecule has 0 aliphatic carbocycles. The minimum atomic E-state index is 0.593. The zero-order valence-electron chi connectivity index (χ0n) is 28.1. The predicted octanol–water partition coefficient (Wildman–Crippen LogP) is 11.5. The fourth-order valence-corrected chi connectivity index (χ4v) is 6.43. The lowest BCUT2D eigenvalue weighted by atomic mass is 9.96. The average Bonchev–Trinajstić information content (AvgIpc) is 3.24. The van der Waals surface area contributed by atoms with Gasteiger partial charge in [0.1, 0.15) is 0 Å². The molecule has 6 aromatic carbocycles. The van der Waals surface area contributed by atoms with Crippen LogP contribution < -0.4 is 0 Å². The Labute approximate surface area is 302 Å². The summed E-state index contributed by atoms with van der Waals surface area (Å²) in [5, 5.41) is 1.10. The Morgan fingerprint density at radius 3 is 1.33 bits per heavy atom. The van der Waals surface area contributed by atoms with E-state index < -0.39 is 0 Å². The number of benzene rings is 6. The second-order valence-corrected chi connectivity index (χ2v) is 12.6. The van der Waals surface area contributed by atoms with Crippen molar-refractivity contribution in [1.29, 1.82) is 0 Å². The second-order valence-electron chi connectivity index (χ2n) is 12.6. The van der Waals surface area contributed by atoms with E-state index in [1.165, 1.54) is 0 Å². The Bertz CT molecular complexity index is 2600. The quantitative estimate of drug-likeness (QED) is 0.169. The van der Waals surface area contributed by atoms with Gasteiger partial charge in [-0.1, -0.05) is 146 Å². The third-order valence-electron chi connectivity index (χ3n) is 9.12. The lowest BCUT2D eigenvalue weighted by molar-refractivity contribution is 1.07. The summed E-state index contributed by atoms with van der Waals surface area (Å²) in [4.78, 5) is 25.1. The maximum Gasteiger partial charge on any atom is 0.164 e. The summed E-state index contributed by atoms with van der Waals surface area (Å²) in [6.07, 6.45) is 0. The van der Waals surface area contributed by atoms with Crippen molar-refractivity contribution >= 4 is 10.9 Å². The van der Waals surface area contributed by atoms with Crippen LogP contribution in [0.4, 0.5) is 0 Å². The third kappa shape index (κ3) is 6.35. The normalized spacial score (nSPS) is 11.1. The first-order chi connectivity index (χ1) is 25.7. The van der Waals surface area contributed by atoms with Crippen molar-refractivity contribution in [2.24, 2.45) is 0 Å². The van der Waals surface area contributed by atoms with Crippen LogP contribution in [0.15, 0.2) is 188 Å². The summed E-state index contributed by atoms with van der Waals surface area (Å²) in [6, 6.07) is 64.0. The van der Waals surface area contributed by atoms with E-state index >= 15 is 0 Å². The molecule has 52 heavy (non-hydrogen) atoms. The van der Waals surface area contributed by atoms with Crippen molar-refractivity contribution in [3.63, 3.8) is 0 Å². The third-order valence-corrected chi connectivity index (χ3v) is 9.12. The number of aromatic nitrogens is 5. The highest BCUT2D eigenvalue weighted by Crippen LogP contribution is 2.34. The van der Waals surface area contributed by atoms with Crippen LogP contribution in [-0.2, 0) is 0 Å². The van der Waals surface area contributed by atoms with Crippen LogP contribution in [-0.4, -0.2) is 24.9 Å². The Kier molecular flexibility index (Phi) is 8.12. The number of hydrogen-bond acceptors (Lipinski definition) is 5. The Morgan fingerprint density at radius 2 is 0.692 bits per heavy atom. The molecule has 0 radical (unpaired) electrons. The van der Waals surface area contributed by atoms with Crippen LogP contribution in [0.1, 0.15) is 0 Å². The van der Waals surface area contributed by atoms with E-state index in [1.807, 2.05) is 97.1 Å². The molecule has 0 N–H and O–H groups in total. The van der Waals surface area contributed by atoms with Gasteiger partial charge in [-0.2, -0.15) is 0 Å². The average molecular weight is 666 g/mol. The molecule has 5 heteroatoms. The molecule has 5 nitrogen and oxygen atoms in total. The van der Waals surface area contributed by atoms with Crippen LogP contribution in [0.3, 0.4) is 0 Å². The highest BCUT2D eigenvalue weighted by atomic mass is 15.0. The molecular weight excluding hydrogens is 635 g/mol. The van der Waals surface area contributed by atoms with Crippen molar-refractivity contribution < 1.29 is 0 Å². The molecule has 0 atom stereocenters. The summed E-state index contributed by atoms with van der Waals surface area (Å²) in [7, 11) is 0. The molecule has 0 amide bonds. The molecule has 3 aromatic heterocycles. The van der Waals surface area contributed by atoms with E-state index in [1.54, 1.807) is 0 Å². The number of nitrogens with zero attached hydrogens (tertiary/aromatic N) is 5. The molecule has 0 aliphatic heterocycles. The summed E-state index contributed by atoms with van der Waals surface area (Å²) >= 11 is 0. The highest BCUT2D eigenvalue weighted by Gasteiger charge is 2.16. The smallest absolute Gasteiger partial charge is 0.164 e. The number of pyridine rings is 2. The number of rotatable bonds is 7. The van der Waals surface area contributed by atoms with Gasteiger partial charge in [-0.25, -0.2) is 24.9 Å². The molecule has 0 aliphatic rings. The first-order valence-corrected chi connectivity index (χ1v) is 17.3. The fourth-order valence-electron chi connectivity index (χ4n) is 6.43. The van der Waals surface area contributed by atoms with Gasteiger partial charge in [0.05, 0.1) is 22.6 Å². The van der Waals surface area contributed by atoms with Crippen molar-refractivity contribution in [3.8, 4) is 79.1 Å². The van der Waals surface area contributed by atoms with Gasteiger partial charge in [-0.15, -0.1) is 0 Å². The Hall–Kier alpha value is -7.11. The molecule has 244 valence electrons. The Morgan fingerprint density at radius 1 is 0.231 bits per heavy atom. The Balaban J connectivity index is 1.18. The van der Waals surface area contributed by atoms with Gasteiger partial charge in [-0.05, 0) is 53.6 Å². The predicted molar refractivity (Wildman–Crippen MR) is 211 cm³/mol. The van der Waals surface area contributed by atoms with Gasteiger partial charge in [0.15, 0.2) is 17.5 Å². The van der Waals surface area contributed by atoms with Crippen molar-refractivity contribution in [2.75, 3.05) is 0 Å². The van der Waals surface area contributed by atoms with Crippen LogP contribution in [0, 0.1) is 0 Å². The van der Waals surface area contributed by atoms with Crippen LogP contribution >= 0.6 is 0 Å². The maximum absolute atomic E-state index is 5.07. The van der Waals surface area contributed by atoms with Crippen molar-refractivity contribution in [1.82, 2.24) is 24.9 Å². The minimum absolute atomic E-state index is 0.593. The summed E-state index contributed by atoms with van der Waals surface area (Å²) < 4.78 is 0. The molecular formula is C47H31N5. The molecule has 0 saturated heterocycles. The molecule has 9 rings (SSSR count). The lowest BCUT2D eigenvalue weighted by Crippen LogP contribution is -2.00. The largest absolute Gasteiger partial charge is 0.248 e. The number of fused-ring (bicyclic) bond motifs is 1. The van der Waals surface area contributed by atoms with E-state index in [2.05, 4.69) is 91.0 Å². The van der Waals surface area contributed by atoms with E-state index in [4.69, 9.17) is 24.9 Å². The number of para-hydroxylation sites is 1. The molecule has 0 saturated carbocycles. The summed E-state index contributed by atoms with van der Waals surface area (Å²) in [5.41, 5.74) is 11.6. The monoisotopic (exact) mass is 665 g/mol. The van der Waals surface area contributed by atoms with E-state index in [0.717, 1.165) is 72.5 Å². The molecule has 0 fully saturated rings.